The molecular weight excluding hydrogens is 146 g/mol. The molecular formula is C11H19N. The van der Waals surface area contributed by atoms with Crippen LogP contribution in [0.3, 0.4) is 0 Å². The molecule has 0 aliphatic heterocycles. The van der Waals surface area contributed by atoms with Gasteiger partial charge in [-0.05, 0) is 55.3 Å². The smallest absolute Gasteiger partial charge is 0.0129 e. The first-order valence-electron chi connectivity index (χ1n) is 5.50. The van der Waals surface area contributed by atoms with Crippen LogP contribution in [0.15, 0.2) is 0 Å². The average molecular weight is 165 g/mol. The number of rotatable bonds is 0. The van der Waals surface area contributed by atoms with Gasteiger partial charge in [0.25, 0.3) is 0 Å². The van der Waals surface area contributed by atoms with Crippen molar-refractivity contribution in [1.82, 2.24) is 0 Å². The van der Waals surface area contributed by atoms with E-state index in [1.54, 1.807) is 0 Å². The minimum Gasteiger partial charge on any atom is -0.327 e. The zero-order valence-electron chi connectivity index (χ0n) is 7.92. The zero-order valence-corrected chi connectivity index (χ0v) is 7.92. The monoisotopic (exact) mass is 165 g/mol. The second-order valence-electron chi connectivity index (χ2n) is 5.35. The molecule has 2 N–H and O–H groups in total. The summed E-state index contributed by atoms with van der Waals surface area (Å²) in [4.78, 5) is 0. The highest BCUT2D eigenvalue weighted by Gasteiger charge is 2.62. The van der Waals surface area contributed by atoms with Gasteiger partial charge >= 0.3 is 0 Å². The van der Waals surface area contributed by atoms with Gasteiger partial charge in [0.2, 0.25) is 0 Å². The summed E-state index contributed by atoms with van der Waals surface area (Å²) in [5.74, 6) is 2.85. The fourth-order valence-corrected chi connectivity index (χ4v) is 4.41. The van der Waals surface area contributed by atoms with Crippen LogP contribution < -0.4 is 5.73 Å². The van der Waals surface area contributed by atoms with Crippen molar-refractivity contribution in [1.29, 1.82) is 0 Å². The van der Waals surface area contributed by atoms with Crippen LogP contribution >= 0.6 is 0 Å². The molecule has 0 aromatic heterocycles. The highest BCUT2D eigenvalue weighted by molar-refractivity contribution is 5.14. The maximum absolute atomic E-state index is 6.35. The molecule has 3 aliphatic carbocycles. The normalized spacial score (nSPS) is 62.5. The molecule has 3 aliphatic rings. The first-order chi connectivity index (χ1) is 5.75. The van der Waals surface area contributed by atoms with Crippen molar-refractivity contribution < 1.29 is 0 Å². The van der Waals surface area contributed by atoms with E-state index in [4.69, 9.17) is 5.73 Å². The number of hydrogen-bond acceptors (Lipinski definition) is 1. The predicted molar refractivity (Wildman–Crippen MR) is 49.6 cm³/mol. The standard InChI is InChI=1S/C11H19N/c1-7-4-5-11(7)9-3-2-8(6-9)10(11)12/h7-10H,2-6,12H2,1H3. The molecule has 0 radical (unpaired) electrons. The van der Waals surface area contributed by atoms with Crippen LogP contribution in [-0.4, -0.2) is 6.04 Å². The Kier molecular flexibility index (Phi) is 1.27. The Morgan fingerprint density at radius 3 is 2.42 bits per heavy atom. The summed E-state index contributed by atoms with van der Waals surface area (Å²) in [6.45, 7) is 2.42. The maximum atomic E-state index is 6.35. The summed E-state index contributed by atoms with van der Waals surface area (Å²) in [6.07, 6.45) is 7.27. The molecule has 12 heavy (non-hydrogen) atoms. The van der Waals surface area contributed by atoms with Crippen molar-refractivity contribution in [3.05, 3.63) is 0 Å². The highest BCUT2D eigenvalue weighted by Crippen LogP contribution is 2.66. The lowest BCUT2D eigenvalue weighted by Gasteiger charge is -2.54. The van der Waals surface area contributed by atoms with Gasteiger partial charge in [0.05, 0.1) is 0 Å². The van der Waals surface area contributed by atoms with Crippen molar-refractivity contribution in [3.63, 3.8) is 0 Å². The van der Waals surface area contributed by atoms with Crippen LogP contribution in [0, 0.1) is 23.2 Å². The SMILES string of the molecule is CC1CCC12C1CCC(C1)C2N. The first kappa shape index (κ1) is 7.37. The molecule has 5 unspecified atom stereocenters. The Bertz CT molecular complexity index is 209. The Labute approximate surface area is 74.7 Å². The van der Waals surface area contributed by atoms with Crippen molar-refractivity contribution in [3.8, 4) is 0 Å². The summed E-state index contributed by atoms with van der Waals surface area (Å²) < 4.78 is 0. The molecule has 0 saturated heterocycles. The molecule has 1 nitrogen and oxygen atoms in total. The summed E-state index contributed by atoms with van der Waals surface area (Å²) in [5, 5.41) is 0. The van der Waals surface area contributed by atoms with E-state index in [1.165, 1.54) is 32.1 Å². The van der Waals surface area contributed by atoms with Crippen LogP contribution in [-0.2, 0) is 0 Å². The highest BCUT2D eigenvalue weighted by atomic mass is 14.8. The Morgan fingerprint density at radius 1 is 1.25 bits per heavy atom. The molecule has 2 bridgehead atoms. The predicted octanol–water partition coefficient (Wildman–Crippen LogP) is 2.16. The topological polar surface area (TPSA) is 26.0 Å². The first-order valence-corrected chi connectivity index (χ1v) is 5.50. The largest absolute Gasteiger partial charge is 0.327 e. The molecule has 1 heteroatoms. The molecule has 3 saturated carbocycles. The summed E-state index contributed by atoms with van der Waals surface area (Å²) in [5.41, 5.74) is 6.98. The van der Waals surface area contributed by atoms with E-state index in [-0.39, 0.29) is 0 Å². The molecule has 0 heterocycles. The number of hydrogen-bond donors (Lipinski definition) is 1. The maximum Gasteiger partial charge on any atom is 0.0129 e. The van der Waals surface area contributed by atoms with E-state index in [1.807, 2.05) is 0 Å². The molecule has 68 valence electrons. The lowest BCUT2D eigenvalue weighted by Crippen LogP contribution is -2.55. The van der Waals surface area contributed by atoms with Gasteiger partial charge in [0, 0.05) is 6.04 Å². The van der Waals surface area contributed by atoms with Gasteiger partial charge in [-0.3, -0.25) is 0 Å². The number of fused-ring (bicyclic) bond motifs is 3. The third-order valence-corrected chi connectivity index (χ3v) is 5.29. The summed E-state index contributed by atoms with van der Waals surface area (Å²) in [7, 11) is 0. The Morgan fingerprint density at radius 2 is 2.08 bits per heavy atom. The van der Waals surface area contributed by atoms with Gasteiger partial charge in [-0.15, -0.1) is 0 Å². The van der Waals surface area contributed by atoms with Gasteiger partial charge in [-0.1, -0.05) is 6.92 Å². The van der Waals surface area contributed by atoms with Crippen LogP contribution in [0.25, 0.3) is 0 Å². The van der Waals surface area contributed by atoms with Crippen LogP contribution in [0.5, 0.6) is 0 Å². The van der Waals surface area contributed by atoms with E-state index in [9.17, 15) is 0 Å². The van der Waals surface area contributed by atoms with E-state index in [2.05, 4.69) is 6.92 Å². The van der Waals surface area contributed by atoms with Crippen molar-refractivity contribution >= 4 is 0 Å². The van der Waals surface area contributed by atoms with Gasteiger partial charge in [-0.25, -0.2) is 0 Å². The van der Waals surface area contributed by atoms with Crippen molar-refractivity contribution in [2.45, 2.75) is 45.1 Å². The Hall–Kier alpha value is -0.0400. The minimum atomic E-state index is 0.569. The Balaban J connectivity index is 1.95. The van der Waals surface area contributed by atoms with Gasteiger partial charge in [0.1, 0.15) is 0 Å². The van der Waals surface area contributed by atoms with Gasteiger partial charge in [0.15, 0.2) is 0 Å². The molecule has 3 rings (SSSR count). The van der Waals surface area contributed by atoms with E-state index in [0.29, 0.717) is 11.5 Å². The summed E-state index contributed by atoms with van der Waals surface area (Å²) in [6, 6.07) is 0.569. The molecule has 0 aromatic rings. The van der Waals surface area contributed by atoms with Crippen molar-refractivity contribution in [2.24, 2.45) is 28.9 Å². The molecule has 0 aromatic carbocycles. The molecule has 3 fully saturated rings. The average Bonchev–Trinajstić information content (AvgIpc) is 2.60. The lowest BCUT2D eigenvalue weighted by molar-refractivity contribution is -0.0330. The summed E-state index contributed by atoms with van der Waals surface area (Å²) >= 11 is 0. The van der Waals surface area contributed by atoms with E-state index < -0.39 is 0 Å². The zero-order chi connectivity index (χ0) is 8.34. The van der Waals surface area contributed by atoms with Crippen LogP contribution in [0.4, 0.5) is 0 Å². The molecule has 1 spiro atoms. The minimum absolute atomic E-state index is 0.569. The van der Waals surface area contributed by atoms with E-state index in [0.717, 1.165) is 17.8 Å². The van der Waals surface area contributed by atoms with Gasteiger partial charge in [-0.2, -0.15) is 0 Å². The van der Waals surface area contributed by atoms with E-state index >= 15 is 0 Å². The third kappa shape index (κ3) is 0.585. The fraction of sp³-hybridized carbons (Fsp3) is 1.00. The fourth-order valence-electron chi connectivity index (χ4n) is 4.41. The van der Waals surface area contributed by atoms with Crippen molar-refractivity contribution in [2.75, 3.05) is 0 Å². The third-order valence-electron chi connectivity index (χ3n) is 5.29. The van der Waals surface area contributed by atoms with Crippen LogP contribution in [0.2, 0.25) is 0 Å². The van der Waals surface area contributed by atoms with Gasteiger partial charge < -0.3 is 5.73 Å². The quantitative estimate of drug-likeness (QED) is 0.585. The van der Waals surface area contributed by atoms with Crippen LogP contribution in [0.1, 0.15) is 39.0 Å². The molecule has 5 atom stereocenters. The number of nitrogens with two attached hydrogens (primary N) is 1. The molecule has 0 amide bonds. The second kappa shape index (κ2) is 2.06. The lowest BCUT2D eigenvalue weighted by atomic mass is 9.52. The second-order valence-corrected chi connectivity index (χ2v) is 5.35.